The molecular weight excluding hydrogens is 220 g/mol. The molecule has 0 saturated carbocycles. The predicted octanol–water partition coefficient (Wildman–Crippen LogP) is 3.28. The van der Waals surface area contributed by atoms with Gasteiger partial charge in [-0.15, -0.1) is 0 Å². The highest BCUT2D eigenvalue weighted by atomic mass is 14.9. The fourth-order valence-corrected chi connectivity index (χ4v) is 1.96. The lowest BCUT2D eigenvalue weighted by Gasteiger charge is -2.14. The molecule has 0 fully saturated rings. The third-order valence-electron chi connectivity index (χ3n) is 3.19. The van der Waals surface area contributed by atoms with Gasteiger partial charge in [-0.05, 0) is 50.1 Å². The molecular formula is C16H20N2. The molecule has 0 amide bonds. The lowest BCUT2D eigenvalue weighted by atomic mass is 10.1. The second-order valence-electron chi connectivity index (χ2n) is 4.69. The van der Waals surface area contributed by atoms with E-state index in [0.717, 1.165) is 13.0 Å². The Labute approximate surface area is 109 Å². The lowest BCUT2D eigenvalue weighted by Crippen LogP contribution is -2.21. The van der Waals surface area contributed by atoms with Crippen molar-refractivity contribution in [3.05, 3.63) is 65.5 Å². The second kappa shape index (κ2) is 6.31. The molecule has 94 valence electrons. The van der Waals surface area contributed by atoms with E-state index in [1.165, 1.54) is 16.7 Å². The van der Waals surface area contributed by atoms with Crippen LogP contribution in [0.2, 0.25) is 0 Å². The lowest BCUT2D eigenvalue weighted by molar-refractivity contribution is 0.576. The number of pyridine rings is 1. The summed E-state index contributed by atoms with van der Waals surface area (Å²) in [5.41, 5.74) is 3.98. The number of aromatic nitrogens is 1. The third-order valence-corrected chi connectivity index (χ3v) is 3.19. The summed E-state index contributed by atoms with van der Waals surface area (Å²) in [5, 5.41) is 3.55. The van der Waals surface area contributed by atoms with E-state index in [9.17, 15) is 0 Å². The molecule has 0 bridgehead atoms. The molecule has 2 aromatic rings. The van der Waals surface area contributed by atoms with Crippen LogP contribution in [-0.2, 0) is 6.42 Å². The molecule has 0 aliphatic carbocycles. The van der Waals surface area contributed by atoms with Gasteiger partial charge < -0.3 is 5.32 Å². The number of nitrogens with one attached hydrogen (secondary N) is 1. The van der Waals surface area contributed by atoms with E-state index in [0.29, 0.717) is 6.04 Å². The average Bonchev–Trinajstić information content (AvgIpc) is 2.40. The first kappa shape index (κ1) is 12.8. The number of aryl methyl sites for hydroxylation is 1. The van der Waals surface area contributed by atoms with Gasteiger partial charge in [0.15, 0.2) is 0 Å². The maximum atomic E-state index is 4.02. The normalized spacial score (nSPS) is 12.3. The van der Waals surface area contributed by atoms with Gasteiger partial charge in [0.05, 0.1) is 0 Å². The summed E-state index contributed by atoms with van der Waals surface area (Å²) < 4.78 is 0. The Morgan fingerprint density at radius 3 is 2.39 bits per heavy atom. The van der Waals surface area contributed by atoms with Gasteiger partial charge in [-0.1, -0.05) is 29.8 Å². The number of rotatable bonds is 5. The van der Waals surface area contributed by atoms with Crippen molar-refractivity contribution in [3.63, 3.8) is 0 Å². The molecule has 2 nitrogen and oxygen atoms in total. The van der Waals surface area contributed by atoms with Crippen LogP contribution in [0, 0.1) is 6.92 Å². The van der Waals surface area contributed by atoms with E-state index in [2.05, 4.69) is 60.5 Å². The topological polar surface area (TPSA) is 24.9 Å². The van der Waals surface area contributed by atoms with Gasteiger partial charge in [0.1, 0.15) is 0 Å². The number of hydrogen-bond acceptors (Lipinski definition) is 2. The van der Waals surface area contributed by atoms with Crippen molar-refractivity contribution in [1.29, 1.82) is 0 Å². The molecule has 1 N–H and O–H groups in total. The largest absolute Gasteiger partial charge is 0.310 e. The zero-order chi connectivity index (χ0) is 12.8. The Kier molecular flexibility index (Phi) is 4.48. The van der Waals surface area contributed by atoms with Gasteiger partial charge in [-0.25, -0.2) is 0 Å². The van der Waals surface area contributed by atoms with Crippen LogP contribution in [0.5, 0.6) is 0 Å². The van der Waals surface area contributed by atoms with Gasteiger partial charge in [0, 0.05) is 18.4 Å². The summed E-state index contributed by atoms with van der Waals surface area (Å²) in [7, 11) is 0. The molecule has 1 aromatic carbocycles. The summed E-state index contributed by atoms with van der Waals surface area (Å²) in [6.07, 6.45) is 4.73. The first-order valence-electron chi connectivity index (χ1n) is 6.44. The van der Waals surface area contributed by atoms with Crippen molar-refractivity contribution >= 4 is 0 Å². The summed E-state index contributed by atoms with van der Waals surface area (Å²) in [4.78, 5) is 4.02. The average molecular weight is 240 g/mol. The summed E-state index contributed by atoms with van der Waals surface area (Å²) in [6, 6.07) is 13.2. The molecule has 0 saturated heterocycles. The van der Waals surface area contributed by atoms with Crippen molar-refractivity contribution < 1.29 is 0 Å². The van der Waals surface area contributed by atoms with E-state index >= 15 is 0 Å². The zero-order valence-corrected chi connectivity index (χ0v) is 11.1. The molecule has 0 spiro atoms. The third kappa shape index (κ3) is 3.67. The Balaban J connectivity index is 1.81. The Bertz CT molecular complexity index is 462. The molecule has 0 aliphatic rings. The van der Waals surface area contributed by atoms with Crippen LogP contribution >= 0.6 is 0 Å². The van der Waals surface area contributed by atoms with Crippen LogP contribution in [0.3, 0.4) is 0 Å². The Hall–Kier alpha value is -1.67. The molecule has 0 aliphatic heterocycles. The van der Waals surface area contributed by atoms with Gasteiger partial charge in [-0.3, -0.25) is 4.98 Å². The van der Waals surface area contributed by atoms with E-state index in [1.54, 1.807) is 0 Å². The first-order chi connectivity index (χ1) is 8.75. The van der Waals surface area contributed by atoms with E-state index in [-0.39, 0.29) is 0 Å². The van der Waals surface area contributed by atoms with Gasteiger partial charge in [0.2, 0.25) is 0 Å². The van der Waals surface area contributed by atoms with Crippen molar-refractivity contribution in [2.75, 3.05) is 6.54 Å². The van der Waals surface area contributed by atoms with Crippen molar-refractivity contribution in [2.24, 2.45) is 0 Å². The van der Waals surface area contributed by atoms with Crippen LogP contribution in [0.25, 0.3) is 0 Å². The molecule has 1 heterocycles. The van der Waals surface area contributed by atoms with Crippen molar-refractivity contribution in [3.8, 4) is 0 Å². The summed E-state index contributed by atoms with van der Waals surface area (Å²) >= 11 is 0. The maximum absolute atomic E-state index is 4.02. The van der Waals surface area contributed by atoms with Gasteiger partial charge >= 0.3 is 0 Å². The van der Waals surface area contributed by atoms with Crippen LogP contribution in [0.15, 0.2) is 48.8 Å². The van der Waals surface area contributed by atoms with Crippen LogP contribution in [-0.4, -0.2) is 11.5 Å². The second-order valence-corrected chi connectivity index (χ2v) is 4.69. The molecule has 0 unspecified atom stereocenters. The standard InChI is InChI=1S/C16H20N2/c1-13-3-5-16(6-4-13)14(2)18-12-9-15-7-10-17-11-8-15/h3-8,10-11,14,18H,9,12H2,1-2H3/t14-/m1/s1. The van der Waals surface area contributed by atoms with E-state index in [4.69, 9.17) is 0 Å². The van der Waals surface area contributed by atoms with Crippen molar-refractivity contribution in [2.45, 2.75) is 26.3 Å². The summed E-state index contributed by atoms with van der Waals surface area (Å²) in [6.45, 7) is 5.31. The van der Waals surface area contributed by atoms with E-state index < -0.39 is 0 Å². The molecule has 1 atom stereocenters. The number of nitrogens with zero attached hydrogens (tertiary/aromatic N) is 1. The molecule has 2 rings (SSSR count). The van der Waals surface area contributed by atoms with Crippen LogP contribution in [0.4, 0.5) is 0 Å². The fraction of sp³-hybridized carbons (Fsp3) is 0.312. The number of hydrogen-bond donors (Lipinski definition) is 1. The van der Waals surface area contributed by atoms with E-state index in [1.807, 2.05) is 12.4 Å². The Morgan fingerprint density at radius 1 is 1.06 bits per heavy atom. The maximum Gasteiger partial charge on any atom is 0.0291 e. The monoisotopic (exact) mass is 240 g/mol. The molecule has 18 heavy (non-hydrogen) atoms. The zero-order valence-electron chi connectivity index (χ0n) is 11.1. The SMILES string of the molecule is Cc1ccc([C@@H](C)NCCc2ccncc2)cc1. The van der Waals surface area contributed by atoms with Gasteiger partial charge in [-0.2, -0.15) is 0 Å². The van der Waals surface area contributed by atoms with Gasteiger partial charge in [0.25, 0.3) is 0 Å². The predicted molar refractivity (Wildman–Crippen MR) is 75.5 cm³/mol. The highest BCUT2D eigenvalue weighted by Crippen LogP contribution is 2.12. The minimum atomic E-state index is 0.396. The van der Waals surface area contributed by atoms with Crippen molar-refractivity contribution in [1.82, 2.24) is 10.3 Å². The summed E-state index contributed by atoms with van der Waals surface area (Å²) in [5.74, 6) is 0. The minimum Gasteiger partial charge on any atom is -0.310 e. The fourth-order valence-electron chi connectivity index (χ4n) is 1.96. The molecule has 2 heteroatoms. The highest BCUT2D eigenvalue weighted by molar-refractivity contribution is 5.23. The molecule has 0 radical (unpaired) electrons. The number of benzene rings is 1. The smallest absolute Gasteiger partial charge is 0.0291 e. The minimum absolute atomic E-state index is 0.396. The highest BCUT2D eigenvalue weighted by Gasteiger charge is 2.03. The quantitative estimate of drug-likeness (QED) is 0.867. The Morgan fingerprint density at radius 2 is 1.72 bits per heavy atom. The van der Waals surface area contributed by atoms with Crippen LogP contribution < -0.4 is 5.32 Å². The van der Waals surface area contributed by atoms with Crippen LogP contribution in [0.1, 0.15) is 29.7 Å². The first-order valence-corrected chi connectivity index (χ1v) is 6.44. The molecule has 1 aromatic heterocycles.